The minimum Gasteiger partial charge on any atom is -0.480 e. The van der Waals surface area contributed by atoms with Gasteiger partial charge >= 0.3 is 5.97 Å². The Morgan fingerprint density at radius 3 is 2.87 bits per heavy atom. The van der Waals surface area contributed by atoms with E-state index in [9.17, 15) is 4.79 Å². The van der Waals surface area contributed by atoms with Gasteiger partial charge in [-0.05, 0) is 19.9 Å². The molecule has 0 saturated heterocycles. The fourth-order valence-corrected chi connectivity index (χ4v) is 0.946. The summed E-state index contributed by atoms with van der Waals surface area (Å²) in [7, 11) is 0. The van der Waals surface area contributed by atoms with Crippen LogP contribution in [0.5, 0.6) is 0 Å². The van der Waals surface area contributed by atoms with E-state index in [2.05, 4.69) is 15.3 Å². The van der Waals surface area contributed by atoms with Gasteiger partial charge in [0.05, 0.1) is 0 Å². The number of carbonyl (C=O) groups is 1. The molecule has 1 atom stereocenters. The number of hydrogen-bond donors (Lipinski definition) is 2. The van der Waals surface area contributed by atoms with Crippen LogP contribution in [0.4, 0.5) is 5.95 Å². The lowest BCUT2D eigenvalue weighted by Crippen LogP contribution is -2.26. The summed E-state index contributed by atoms with van der Waals surface area (Å²) in [5, 5.41) is 19.9. The van der Waals surface area contributed by atoms with Crippen molar-refractivity contribution in [2.45, 2.75) is 19.9 Å². The second-order valence-corrected chi connectivity index (χ2v) is 3.03. The van der Waals surface area contributed by atoms with E-state index in [0.29, 0.717) is 5.69 Å². The highest BCUT2D eigenvalue weighted by atomic mass is 16.4. The predicted molar refractivity (Wildman–Crippen MR) is 52.2 cm³/mol. The second kappa shape index (κ2) is 4.37. The first-order chi connectivity index (χ1) is 7.02. The zero-order chi connectivity index (χ0) is 11.4. The number of anilines is 1. The lowest BCUT2D eigenvalue weighted by atomic mass is 10.3. The molecule has 0 saturated carbocycles. The van der Waals surface area contributed by atoms with Crippen molar-refractivity contribution in [3.63, 3.8) is 0 Å². The van der Waals surface area contributed by atoms with Gasteiger partial charge in [-0.3, -0.25) is 4.79 Å². The molecule has 0 aliphatic heterocycles. The molecule has 2 N–H and O–H groups in total. The second-order valence-electron chi connectivity index (χ2n) is 3.03. The van der Waals surface area contributed by atoms with E-state index in [1.807, 2.05) is 6.07 Å². The monoisotopic (exact) mass is 206 g/mol. The molecule has 0 unspecified atom stereocenters. The minimum absolute atomic E-state index is 0.154. The highest BCUT2D eigenvalue weighted by Crippen LogP contribution is 2.05. The van der Waals surface area contributed by atoms with Crippen molar-refractivity contribution in [2.75, 3.05) is 5.32 Å². The summed E-state index contributed by atoms with van der Waals surface area (Å²) >= 11 is 0. The Hall–Kier alpha value is -2.16. The zero-order valence-electron chi connectivity index (χ0n) is 8.35. The zero-order valence-corrected chi connectivity index (χ0v) is 8.35. The van der Waals surface area contributed by atoms with Crippen LogP contribution in [0, 0.1) is 18.3 Å². The topological polar surface area (TPSA) is 98.9 Å². The van der Waals surface area contributed by atoms with Gasteiger partial charge in [-0.25, -0.2) is 9.97 Å². The molecule has 0 bridgehead atoms. The number of nitrogens with one attached hydrogen (secondary N) is 1. The molecule has 15 heavy (non-hydrogen) atoms. The third-order valence-corrected chi connectivity index (χ3v) is 1.68. The first kappa shape index (κ1) is 10.9. The smallest absolute Gasteiger partial charge is 0.325 e. The molecule has 1 rings (SSSR count). The lowest BCUT2D eigenvalue weighted by molar-refractivity contribution is -0.137. The number of aromatic nitrogens is 2. The van der Waals surface area contributed by atoms with E-state index < -0.39 is 12.0 Å². The van der Waals surface area contributed by atoms with Crippen LogP contribution in [0.15, 0.2) is 6.07 Å². The Morgan fingerprint density at radius 1 is 1.67 bits per heavy atom. The summed E-state index contributed by atoms with van der Waals surface area (Å²) in [6.45, 7) is 3.18. The van der Waals surface area contributed by atoms with Gasteiger partial charge in [-0.1, -0.05) is 0 Å². The average molecular weight is 206 g/mol. The van der Waals surface area contributed by atoms with E-state index in [-0.39, 0.29) is 11.6 Å². The van der Waals surface area contributed by atoms with Gasteiger partial charge in [0.2, 0.25) is 5.95 Å². The maximum absolute atomic E-state index is 10.6. The van der Waals surface area contributed by atoms with E-state index in [4.69, 9.17) is 10.4 Å². The van der Waals surface area contributed by atoms with Crippen molar-refractivity contribution in [3.8, 4) is 6.07 Å². The standard InChI is InChI=1S/C9H10N4O2/c1-5-3-7(4-10)13-9(11-5)12-6(2)8(14)15/h3,6H,1-2H3,(H,14,15)(H,11,12,13)/t6-/m0/s1. The van der Waals surface area contributed by atoms with Crippen LogP contribution >= 0.6 is 0 Å². The Balaban J connectivity index is 2.91. The summed E-state index contributed by atoms with van der Waals surface area (Å²) in [5.41, 5.74) is 0.823. The van der Waals surface area contributed by atoms with Crippen molar-refractivity contribution >= 4 is 11.9 Å². The van der Waals surface area contributed by atoms with Crippen molar-refractivity contribution in [1.29, 1.82) is 5.26 Å². The van der Waals surface area contributed by atoms with Crippen LogP contribution < -0.4 is 5.32 Å². The molecular weight excluding hydrogens is 196 g/mol. The molecule has 1 aromatic rings. The van der Waals surface area contributed by atoms with Crippen LogP contribution in [0.25, 0.3) is 0 Å². The molecule has 1 heterocycles. The minimum atomic E-state index is -1.00. The maximum atomic E-state index is 10.6. The lowest BCUT2D eigenvalue weighted by Gasteiger charge is -2.09. The molecule has 0 aromatic carbocycles. The molecule has 0 aliphatic rings. The normalized spacial score (nSPS) is 11.5. The van der Waals surface area contributed by atoms with Crippen LogP contribution in [0.3, 0.4) is 0 Å². The van der Waals surface area contributed by atoms with Crippen LogP contribution in [-0.4, -0.2) is 27.1 Å². The highest BCUT2D eigenvalue weighted by molar-refractivity contribution is 5.75. The van der Waals surface area contributed by atoms with Gasteiger partial charge in [0, 0.05) is 5.69 Å². The van der Waals surface area contributed by atoms with Crippen LogP contribution in [0.1, 0.15) is 18.3 Å². The molecule has 0 aliphatic carbocycles. The van der Waals surface area contributed by atoms with Gasteiger partial charge in [0.15, 0.2) is 0 Å². The van der Waals surface area contributed by atoms with Crippen molar-refractivity contribution in [2.24, 2.45) is 0 Å². The third kappa shape index (κ3) is 2.91. The summed E-state index contributed by atoms with van der Waals surface area (Å²) in [6.07, 6.45) is 0. The largest absolute Gasteiger partial charge is 0.480 e. The SMILES string of the molecule is Cc1cc(C#N)nc(N[C@@H](C)C(=O)O)n1. The highest BCUT2D eigenvalue weighted by Gasteiger charge is 2.12. The number of aryl methyl sites for hydroxylation is 1. The Kier molecular flexibility index (Phi) is 3.18. The maximum Gasteiger partial charge on any atom is 0.325 e. The molecule has 0 amide bonds. The fourth-order valence-electron chi connectivity index (χ4n) is 0.946. The van der Waals surface area contributed by atoms with Crippen LogP contribution in [-0.2, 0) is 4.79 Å². The summed E-state index contributed by atoms with van der Waals surface area (Å²) in [6, 6.07) is 2.60. The molecule has 1 aromatic heterocycles. The number of nitrogens with zero attached hydrogens (tertiary/aromatic N) is 3. The van der Waals surface area contributed by atoms with Gasteiger partial charge < -0.3 is 10.4 Å². The number of hydrogen-bond acceptors (Lipinski definition) is 5. The predicted octanol–water partition coefficient (Wildman–Crippen LogP) is 0.542. The van der Waals surface area contributed by atoms with Gasteiger partial charge in [0.1, 0.15) is 17.8 Å². The van der Waals surface area contributed by atoms with Gasteiger partial charge in [-0.15, -0.1) is 0 Å². The Morgan fingerprint density at radius 2 is 2.33 bits per heavy atom. The molecule has 6 heteroatoms. The molecule has 78 valence electrons. The fraction of sp³-hybridized carbons (Fsp3) is 0.333. The van der Waals surface area contributed by atoms with Crippen molar-refractivity contribution < 1.29 is 9.90 Å². The quantitative estimate of drug-likeness (QED) is 0.748. The first-order valence-electron chi connectivity index (χ1n) is 4.28. The number of nitriles is 1. The summed E-state index contributed by atoms with van der Waals surface area (Å²) in [5.74, 6) is -0.847. The molecule has 0 spiro atoms. The van der Waals surface area contributed by atoms with Crippen molar-refractivity contribution in [1.82, 2.24) is 9.97 Å². The molecule has 0 fully saturated rings. The number of carboxylic acids is 1. The van der Waals surface area contributed by atoms with Crippen molar-refractivity contribution in [3.05, 3.63) is 17.5 Å². The average Bonchev–Trinajstić information content (AvgIpc) is 2.16. The van der Waals surface area contributed by atoms with Gasteiger partial charge in [0.25, 0.3) is 0 Å². The van der Waals surface area contributed by atoms with Gasteiger partial charge in [-0.2, -0.15) is 5.26 Å². The van der Waals surface area contributed by atoms with Crippen LogP contribution in [0.2, 0.25) is 0 Å². The first-order valence-corrected chi connectivity index (χ1v) is 4.28. The molecular formula is C9H10N4O2. The molecule has 6 nitrogen and oxygen atoms in total. The number of aliphatic carboxylic acids is 1. The molecule has 0 radical (unpaired) electrons. The summed E-state index contributed by atoms with van der Waals surface area (Å²) in [4.78, 5) is 18.4. The third-order valence-electron chi connectivity index (χ3n) is 1.68. The van der Waals surface area contributed by atoms with E-state index in [1.54, 1.807) is 6.92 Å². The van der Waals surface area contributed by atoms with E-state index >= 15 is 0 Å². The number of rotatable bonds is 3. The number of carboxylic acid groups (broad SMARTS) is 1. The summed E-state index contributed by atoms with van der Waals surface area (Å²) < 4.78 is 0. The Bertz CT molecular complexity index is 425. The Labute approximate surface area is 86.6 Å². The van der Waals surface area contributed by atoms with E-state index in [1.165, 1.54) is 13.0 Å². The van der Waals surface area contributed by atoms with E-state index in [0.717, 1.165) is 0 Å².